The van der Waals surface area contributed by atoms with Gasteiger partial charge in [0.05, 0.1) is 17.2 Å². The molecule has 0 fully saturated rings. The van der Waals surface area contributed by atoms with Gasteiger partial charge in [-0.3, -0.25) is 9.59 Å². The zero-order valence-electron chi connectivity index (χ0n) is 14.9. The fourth-order valence-electron chi connectivity index (χ4n) is 2.32. The molecule has 2 amide bonds. The Morgan fingerprint density at radius 1 is 1.15 bits per heavy atom. The highest BCUT2D eigenvalue weighted by Crippen LogP contribution is 2.14. The van der Waals surface area contributed by atoms with Crippen LogP contribution >= 0.6 is 11.6 Å². The zero-order valence-corrected chi connectivity index (χ0v) is 15.7. The molecule has 0 aromatic heterocycles. The van der Waals surface area contributed by atoms with Crippen LogP contribution in [0.15, 0.2) is 48.5 Å². The van der Waals surface area contributed by atoms with Crippen LogP contribution in [-0.2, 0) is 4.79 Å². The first-order valence-electron chi connectivity index (χ1n) is 8.50. The molecule has 0 bridgehead atoms. The Balaban J connectivity index is 1.69. The summed E-state index contributed by atoms with van der Waals surface area (Å²) in [4.78, 5) is 24.2. The normalized spacial score (nSPS) is 11.5. The fourth-order valence-corrected chi connectivity index (χ4v) is 2.54. The molecular formula is C20H23ClN2O3. The highest BCUT2D eigenvalue weighted by molar-refractivity contribution is 6.33. The van der Waals surface area contributed by atoms with Gasteiger partial charge in [0.15, 0.2) is 0 Å². The van der Waals surface area contributed by atoms with Crippen LogP contribution in [0.25, 0.3) is 0 Å². The first kappa shape index (κ1) is 19.8. The molecule has 2 aromatic carbocycles. The van der Waals surface area contributed by atoms with E-state index in [1.165, 1.54) is 0 Å². The molecule has 0 radical (unpaired) electrons. The molecule has 26 heavy (non-hydrogen) atoms. The summed E-state index contributed by atoms with van der Waals surface area (Å²) in [5, 5.41) is 5.78. The first-order chi connectivity index (χ1) is 12.5. The zero-order chi connectivity index (χ0) is 18.9. The van der Waals surface area contributed by atoms with Crippen LogP contribution in [0.2, 0.25) is 5.02 Å². The third-order valence-corrected chi connectivity index (χ3v) is 4.07. The minimum absolute atomic E-state index is 0.249. The maximum absolute atomic E-state index is 12.1. The van der Waals surface area contributed by atoms with E-state index >= 15 is 0 Å². The number of carbonyl (C=O) groups excluding carboxylic acids is 2. The number of carbonyl (C=O) groups is 2. The number of ether oxygens (including phenoxy) is 1. The number of aryl methyl sites for hydroxylation is 1. The maximum atomic E-state index is 12.1. The predicted octanol–water partition coefficient (Wildman–Crippen LogP) is 3.35. The lowest BCUT2D eigenvalue weighted by Crippen LogP contribution is -2.45. The second-order valence-corrected chi connectivity index (χ2v) is 6.39. The van der Waals surface area contributed by atoms with Crippen molar-refractivity contribution < 1.29 is 14.3 Å². The minimum Gasteiger partial charge on any atom is -0.494 e. The largest absolute Gasteiger partial charge is 0.494 e. The molecule has 2 N–H and O–H groups in total. The van der Waals surface area contributed by atoms with E-state index in [1.807, 2.05) is 31.2 Å². The summed E-state index contributed by atoms with van der Waals surface area (Å²) in [5.74, 6) is 0.193. The lowest BCUT2D eigenvalue weighted by Gasteiger charge is -2.15. The number of amides is 2. The predicted molar refractivity (Wildman–Crippen MR) is 103 cm³/mol. The molecule has 1 atom stereocenters. The molecule has 0 aliphatic carbocycles. The van der Waals surface area contributed by atoms with Crippen molar-refractivity contribution in [1.29, 1.82) is 0 Å². The summed E-state index contributed by atoms with van der Waals surface area (Å²) < 4.78 is 5.63. The van der Waals surface area contributed by atoms with Crippen LogP contribution in [0.1, 0.15) is 29.3 Å². The molecule has 0 unspecified atom stereocenters. The fraction of sp³-hybridized carbons (Fsp3) is 0.300. The molecule has 0 saturated carbocycles. The van der Waals surface area contributed by atoms with Gasteiger partial charge in [-0.05, 0) is 50.1 Å². The van der Waals surface area contributed by atoms with Crippen LogP contribution in [-0.4, -0.2) is 31.0 Å². The van der Waals surface area contributed by atoms with Crippen LogP contribution in [0.3, 0.4) is 0 Å². The molecule has 0 saturated heterocycles. The number of hydrogen-bond donors (Lipinski definition) is 2. The number of halogens is 1. The van der Waals surface area contributed by atoms with Crippen LogP contribution in [0, 0.1) is 6.92 Å². The Bertz CT molecular complexity index is 764. The second kappa shape index (κ2) is 9.82. The summed E-state index contributed by atoms with van der Waals surface area (Å²) in [6, 6.07) is 13.9. The number of hydrogen-bond acceptors (Lipinski definition) is 3. The summed E-state index contributed by atoms with van der Waals surface area (Å²) in [6.07, 6.45) is 0.671. The van der Waals surface area contributed by atoms with Crippen molar-refractivity contribution in [2.45, 2.75) is 26.3 Å². The van der Waals surface area contributed by atoms with E-state index in [0.717, 1.165) is 11.3 Å². The van der Waals surface area contributed by atoms with Crippen LogP contribution in [0.4, 0.5) is 0 Å². The van der Waals surface area contributed by atoms with E-state index in [-0.39, 0.29) is 11.8 Å². The Hall–Kier alpha value is -2.53. The molecular weight excluding hydrogens is 352 g/mol. The molecule has 0 heterocycles. The van der Waals surface area contributed by atoms with Crippen molar-refractivity contribution in [3.63, 3.8) is 0 Å². The van der Waals surface area contributed by atoms with Gasteiger partial charge < -0.3 is 15.4 Å². The average molecular weight is 375 g/mol. The number of benzene rings is 2. The number of rotatable bonds is 8. The average Bonchev–Trinajstić information content (AvgIpc) is 2.61. The lowest BCUT2D eigenvalue weighted by atomic mass is 10.2. The second-order valence-electron chi connectivity index (χ2n) is 5.98. The Morgan fingerprint density at radius 2 is 1.92 bits per heavy atom. The molecule has 138 valence electrons. The van der Waals surface area contributed by atoms with Gasteiger partial charge in [-0.2, -0.15) is 0 Å². The van der Waals surface area contributed by atoms with Gasteiger partial charge in [0, 0.05) is 6.54 Å². The Morgan fingerprint density at radius 3 is 2.65 bits per heavy atom. The quantitative estimate of drug-likeness (QED) is 0.696. The van der Waals surface area contributed by atoms with Gasteiger partial charge in [0.1, 0.15) is 11.8 Å². The van der Waals surface area contributed by atoms with Gasteiger partial charge >= 0.3 is 0 Å². The molecule has 0 spiro atoms. The summed E-state index contributed by atoms with van der Waals surface area (Å²) in [7, 11) is 0. The molecule has 5 nitrogen and oxygen atoms in total. The minimum atomic E-state index is -0.656. The highest BCUT2D eigenvalue weighted by Gasteiger charge is 2.17. The topological polar surface area (TPSA) is 67.4 Å². The van der Waals surface area contributed by atoms with E-state index in [4.69, 9.17) is 16.3 Å². The van der Waals surface area contributed by atoms with Gasteiger partial charge in [0.25, 0.3) is 5.91 Å². The van der Waals surface area contributed by atoms with Crippen molar-refractivity contribution in [3.8, 4) is 5.75 Å². The van der Waals surface area contributed by atoms with Crippen molar-refractivity contribution in [1.82, 2.24) is 10.6 Å². The molecule has 6 heteroatoms. The number of nitrogens with one attached hydrogen (secondary N) is 2. The third-order valence-electron chi connectivity index (χ3n) is 3.74. The maximum Gasteiger partial charge on any atom is 0.253 e. The van der Waals surface area contributed by atoms with Gasteiger partial charge in [-0.1, -0.05) is 35.9 Å². The van der Waals surface area contributed by atoms with Crippen molar-refractivity contribution in [3.05, 3.63) is 64.7 Å². The van der Waals surface area contributed by atoms with Gasteiger partial charge in [-0.15, -0.1) is 0 Å². The monoisotopic (exact) mass is 374 g/mol. The smallest absolute Gasteiger partial charge is 0.253 e. The van der Waals surface area contributed by atoms with E-state index < -0.39 is 6.04 Å². The molecule has 2 rings (SSSR count). The SMILES string of the molecule is Cc1cccc(OCCCNC(=O)[C@H](C)NC(=O)c2ccccc2Cl)c1. The van der Waals surface area contributed by atoms with Crippen molar-refractivity contribution in [2.24, 2.45) is 0 Å². The molecule has 0 aliphatic heterocycles. The van der Waals surface area contributed by atoms with E-state index in [2.05, 4.69) is 10.6 Å². The Kier molecular flexibility index (Phi) is 7.48. The van der Waals surface area contributed by atoms with Crippen LogP contribution in [0.5, 0.6) is 5.75 Å². The summed E-state index contributed by atoms with van der Waals surface area (Å²) in [5.41, 5.74) is 1.49. The van der Waals surface area contributed by atoms with Crippen molar-refractivity contribution in [2.75, 3.05) is 13.2 Å². The summed E-state index contributed by atoms with van der Waals surface area (Å²) in [6.45, 7) is 4.61. The van der Waals surface area contributed by atoms with E-state index in [1.54, 1.807) is 31.2 Å². The molecule has 2 aromatic rings. The highest BCUT2D eigenvalue weighted by atomic mass is 35.5. The van der Waals surface area contributed by atoms with E-state index in [0.29, 0.717) is 30.2 Å². The lowest BCUT2D eigenvalue weighted by molar-refractivity contribution is -0.122. The first-order valence-corrected chi connectivity index (χ1v) is 8.87. The van der Waals surface area contributed by atoms with Crippen molar-refractivity contribution >= 4 is 23.4 Å². The van der Waals surface area contributed by atoms with Gasteiger partial charge in [0.2, 0.25) is 5.91 Å². The Labute approximate surface area is 158 Å². The standard InChI is InChI=1S/C20H23ClN2O3/c1-14-7-5-8-16(13-14)26-12-6-11-22-19(24)15(2)23-20(25)17-9-3-4-10-18(17)21/h3-5,7-10,13,15H,6,11-12H2,1-2H3,(H,22,24)(H,23,25)/t15-/m0/s1. The van der Waals surface area contributed by atoms with Gasteiger partial charge in [-0.25, -0.2) is 0 Å². The molecule has 0 aliphatic rings. The van der Waals surface area contributed by atoms with E-state index in [9.17, 15) is 9.59 Å². The third kappa shape index (κ3) is 6.08. The van der Waals surface area contributed by atoms with Crippen LogP contribution < -0.4 is 15.4 Å². The summed E-state index contributed by atoms with van der Waals surface area (Å²) >= 11 is 5.99.